The van der Waals surface area contributed by atoms with Gasteiger partial charge in [0.15, 0.2) is 12.6 Å². The minimum absolute atomic E-state index is 0.352. The highest BCUT2D eigenvalue weighted by atomic mass is 16.8. The van der Waals surface area contributed by atoms with Gasteiger partial charge in [0, 0.05) is 12.7 Å². The molecule has 0 aromatic heterocycles. The van der Waals surface area contributed by atoms with Crippen LogP contribution in [0.3, 0.4) is 0 Å². The molecule has 0 spiro atoms. The number of methoxy groups -OCH3 is 1. The molecule has 37 heavy (non-hydrogen) atoms. The van der Waals surface area contributed by atoms with Gasteiger partial charge in [0.2, 0.25) is 0 Å². The summed E-state index contributed by atoms with van der Waals surface area (Å²) in [6, 6.07) is 30.0. The molecule has 0 aliphatic carbocycles. The second-order valence-corrected chi connectivity index (χ2v) is 9.11. The first-order chi connectivity index (χ1) is 18.3. The van der Waals surface area contributed by atoms with Gasteiger partial charge in [-0.2, -0.15) is 0 Å². The fraction of sp³-hybridized carbons (Fsp3) is 0.400. The Morgan fingerprint density at radius 2 is 1.27 bits per heavy atom. The van der Waals surface area contributed by atoms with Crippen molar-refractivity contribution in [2.45, 2.75) is 50.2 Å². The first-order valence-corrected chi connectivity index (χ1v) is 12.7. The quantitative estimate of drug-likeness (QED) is 0.351. The molecule has 196 valence electrons. The van der Waals surface area contributed by atoms with Crippen molar-refractivity contribution in [3.05, 3.63) is 108 Å². The first kappa shape index (κ1) is 26.0. The highest BCUT2D eigenvalue weighted by molar-refractivity contribution is 5.17. The zero-order chi connectivity index (χ0) is 25.3. The van der Waals surface area contributed by atoms with Crippen LogP contribution in [-0.4, -0.2) is 57.6 Å². The molecule has 0 N–H and O–H groups in total. The van der Waals surface area contributed by atoms with E-state index >= 15 is 0 Å². The molecular weight excluding hydrogens is 472 g/mol. The predicted molar refractivity (Wildman–Crippen MR) is 137 cm³/mol. The monoisotopic (exact) mass is 506 g/mol. The fourth-order valence-corrected chi connectivity index (χ4v) is 4.61. The van der Waals surface area contributed by atoms with Gasteiger partial charge in [0.05, 0.1) is 33.0 Å². The van der Waals surface area contributed by atoms with Crippen LogP contribution < -0.4 is 0 Å². The maximum absolute atomic E-state index is 6.56. The zero-order valence-electron chi connectivity index (χ0n) is 21.0. The molecule has 5 rings (SSSR count). The van der Waals surface area contributed by atoms with Crippen molar-refractivity contribution in [2.24, 2.45) is 0 Å². The van der Waals surface area contributed by atoms with Crippen LogP contribution in [0.25, 0.3) is 0 Å². The largest absolute Gasteiger partial charge is 0.382 e. The number of hydrogen-bond acceptors (Lipinski definition) is 7. The van der Waals surface area contributed by atoms with Crippen molar-refractivity contribution >= 4 is 0 Å². The van der Waals surface area contributed by atoms with Crippen LogP contribution >= 0.6 is 0 Å². The highest BCUT2D eigenvalue weighted by Gasteiger charge is 2.51. The van der Waals surface area contributed by atoms with E-state index in [1.165, 1.54) is 0 Å². The van der Waals surface area contributed by atoms with Gasteiger partial charge in [-0.25, -0.2) is 0 Å². The lowest BCUT2D eigenvalue weighted by Gasteiger charge is -2.49. The molecule has 2 fully saturated rings. The summed E-state index contributed by atoms with van der Waals surface area (Å²) in [7, 11) is 1.64. The van der Waals surface area contributed by atoms with Crippen molar-refractivity contribution in [1.29, 1.82) is 0 Å². The maximum Gasteiger partial charge on any atom is 0.187 e. The van der Waals surface area contributed by atoms with Gasteiger partial charge in [0.1, 0.15) is 24.4 Å². The molecule has 0 saturated carbocycles. The molecule has 3 aromatic carbocycles. The van der Waals surface area contributed by atoms with Crippen LogP contribution in [-0.2, 0) is 46.4 Å². The van der Waals surface area contributed by atoms with Gasteiger partial charge in [-0.1, -0.05) is 91.0 Å². The lowest BCUT2D eigenvalue weighted by Crippen LogP contribution is -2.63. The van der Waals surface area contributed by atoms with Gasteiger partial charge < -0.3 is 33.2 Å². The second kappa shape index (κ2) is 13.3. The molecule has 2 unspecified atom stereocenters. The van der Waals surface area contributed by atoms with Gasteiger partial charge in [-0.05, 0) is 11.1 Å². The number of hydrogen-bond donors (Lipinski definition) is 0. The summed E-state index contributed by atoms with van der Waals surface area (Å²) in [5, 5.41) is 0. The number of benzene rings is 3. The van der Waals surface area contributed by atoms with E-state index in [0.717, 1.165) is 16.7 Å². The third-order valence-electron chi connectivity index (χ3n) is 6.50. The molecule has 0 amide bonds. The first-order valence-electron chi connectivity index (χ1n) is 12.7. The zero-order valence-corrected chi connectivity index (χ0v) is 21.0. The Kier molecular flexibility index (Phi) is 9.32. The Morgan fingerprint density at radius 1 is 0.676 bits per heavy atom. The standard InChI is InChI=1S/C30H34O7/c1-31-17-18-32-30-28(34-20-23-13-7-3-8-14-23)27(33-19-22-11-5-2-6-12-22)26-25(36-30)21-35-29(37-26)24-15-9-4-10-16-24/h2-16,25-30H,17-21H2,1H3/t25-,26-,27+,28+,29?,30?/m1/s1. The summed E-state index contributed by atoms with van der Waals surface area (Å²) < 4.78 is 43.3. The van der Waals surface area contributed by atoms with Crippen LogP contribution in [0.2, 0.25) is 0 Å². The summed E-state index contributed by atoms with van der Waals surface area (Å²) in [5.41, 5.74) is 3.07. The average Bonchev–Trinajstić information content (AvgIpc) is 2.96. The van der Waals surface area contributed by atoms with E-state index in [-0.39, 0.29) is 6.10 Å². The minimum atomic E-state index is -0.665. The molecule has 3 aromatic rings. The van der Waals surface area contributed by atoms with E-state index in [2.05, 4.69) is 0 Å². The van der Waals surface area contributed by atoms with Crippen molar-refractivity contribution in [3.63, 3.8) is 0 Å². The Bertz CT molecular complexity index is 1050. The highest BCUT2D eigenvalue weighted by Crippen LogP contribution is 2.37. The minimum Gasteiger partial charge on any atom is -0.382 e. The van der Waals surface area contributed by atoms with E-state index in [1.807, 2.05) is 91.0 Å². The normalized spacial score (nSPS) is 27.5. The predicted octanol–water partition coefficient (Wildman–Crippen LogP) is 4.66. The summed E-state index contributed by atoms with van der Waals surface area (Å²) in [4.78, 5) is 0. The molecule has 6 atom stereocenters. The second-order valence-electron chi connectivity index (χ2n) is 9.11. The van der Waals surface area contributed by atoms with Gasteiger partial charge >= 0.3 is 0 Å². The molecule has 7 heteroatoms. The Morgan fingerprint density at radius 3 is 1.89 bits per heavy atom. The van der Waals surface area contributed by atoms with Gasteiger partial charge in [0.25, 0.3) is 0 Å². The van der Waals surface area contributed by atoms with Crippen molar-refractivity contribution in [3.8, 4) is 0 Å². The number of ether oxygens (including phenoxy) is 7. The number of fused-ring (bicyclic) bond motifs is 1. The van der Waals surface area contributed by atoms with Crippen LogP contribution in [0.1, 0.15) is 23.0 Å². The van der Waals surface area contributed by atoms with Crippen LogP contribution in [0.5, 0.6) is 0 Å². The molecule has 2 saturated heterocycles. The van der Waals surface area contributed by atoms with Gasteiger partial charge in [-0.3, -0.25) is 0 Å². The van der Waals surface area contributed by atoms with E-state index < -0.39 is 30.9 Å². The third kappa shape index (κ3) is 6.83. The topological polar surface area (TPSA) is 64.6 Å². The van der Waals surface area contributed by atoms with Crippen molar-refractivity contribution < 1.29 is 33.2 Å². The van der Waals surface area contributed by atoms with E-state index in [9.17, 15) is 0 Å². The van der Waals surface area contributed by atoms with Crippen molar-refractivity contribution in [2.75, 3.05) is 26.9 Å². The SMILES string of the molecule is COCCOC1O[C@@H]2COC(c3ccccc3)O[C@H]2[C@H](OCc2ccccc2)[C@@H]1OCc1ccccc1. The molecular formula is C30H34O7. The Balaban J connectivity index is 1.40. The summed E-state index contributed by atoms with van der Waals surface area (Å²) in [6.45, 7) is 1.96. The lowest BCUT2D eigenvalue weighted by atomic mass is 9.97. The van der Waals surface area contributed by atoms with Gasteiger partial charge in [-0.15, -0.1) is 0 Å². The molecule has 2 heterocycles. The maximum atomic E-state index is 6.56. The molecule has 7 nitrogen and oxygen atoms in total. The summed E-state index contributed by atoms with van der Waals surface area (Å²) >= 11 is 0. The van der Waals surface area contributed by atoms with E-state index in [1.54, 1.807) is 7.11 Å². The molecule has 2 aliphatic heterocycles. The number of rotatable bonds is 11. The Labute approximate surface area is 218 Å². The molecule has 0 bridgehead atoms. The fourth-order valence-electron chi connectivity index (χ4n) is 4.61. The summed E-state index contributed by atoms with van der Waals surface area (Å²) in [6.07, 6.45) is -2.95. The van der Waals surface area contributed by atoms with Crippen molar-refractivity contribution in [1.82, 2.24) is 0 Å². The summed E-state index contributed by atoms with van der Waals surface area (Å²) in [5.74, 6) is 0. The Hall–Kier alpha value is -2.62. The molecule has 0 radical (unpaired) electrons. The molecule has 2 aliphatic rings. The third-order valence-corrected chi connectivity index (χ3v) is 6.50. The van der Waals surface area contributed by atoms with Crippen LogP contribution in [0.15, 0.2) is 91.0 Å². The average molecular weight is 507 g/mol. The van der Waals surface area contributed by atoms with E-state index in [0.29, 0.717) is 33.0 Å². The lowest BCUT2D eigenvalue weighted by molar-refractivity contribution is -0.372. The van der Waals surface area contributed by atoms with E-state index in [4.69, 9.17) is 33.2 Å². The smallest absolute Gasteiger partial charge is 0.187 e. The van der Waals surface area contributed by atoms with Crippen LogP contribution in [0, 0.1) is 0 Å². The van der Waals surface area contributed by atoms with Crippen LogP contribution in [0.4, 0.5) is 0 Å².